The number of thiophene rings is 1. The molecule has 21 heavy (non-hydrogen) atoms. The molecule has 1 N–H and O–H groups in total. The van der Waals surface area contributed by atoms with Crippen LogP contribution in [0.5, 0.6) is 0 Å². The SMILES string of the molecule is CCN(Cc1cccs1)c1cccc(CNC(C)(C)C)n1. The van der Waals surface area contributed by atoms with Gasteiger partial charge in [-0.2, -0.15) is 0 Å². The summed E-state index contributed by atoms with van der Waals surface area (Å²) in [4.78, 5) is 8.48. The molecular weight excluding hydrogens is 278 g/mol. The van der Waals surface area contributed by atoms with Gasteiger partial charge in [-0.15, -0.1) is 11.3 Å². The Kier molecular flexibility index (Phi) is 5.37. The van der Waals surface area contributed by atoms with Crippen molar-refractivity contribution in [3.8, 4) is 0 Å². The van der Waals surface area contributed by atoms with Gasteiger partial charge in [0.05, 0.1) is 12.2 Å². The molecular formula is C17H25N3S. The second-order valence-corrected chi connectivity index (χ2v) is 7.22. The zero-order chi connectivity index (χ0) is 15.3. The van der Waals surface area contributed by atoms with E-state index in [2.05, 4.69) is 73.6 Å². The molecule has 0 atom stereocenters. The zero-order valence-corrected chi connectivity index (χ0v) is 14.2. The Balaban J connectivity index is 2.07. The van der Waals surface area contributed by atoms with Crippen molar-refractivity contribution >= 4 is 17.2 Å². The maximum atomic E-state index is 4.80. The van der Waals surface area contributed by atoms with Crippen LogP contribution >= 0.6 is 11.3 Å². The molecule has 2 aromatic rings. The molecule has 0 aliphatic carbocycles. The highest BCUT2D eigenvalue weighted by Gasteiger charge is 2.11. The first-order chi connectivity index (χ1) is 9.98. The molecule has 2 heterocycles. The van der Waals surface area contributed by atoms with E-state index >= 15 is 0 Å². The van der Waals surface area contributed by atoms with E-state index in [0.29, 0.717) is 0 Å². The second kappa shape index (κ2) is 7.05. The molecule has 4 heteroatoms. The molecule has 2 rings (SSSR count). The lowest BCUT2D eigenvalue weighted by atomic mass is 10.1. The lowest BCUT2D eigenvalue weighted by molar-refractivity contribution is 0.421. The van der Waals surface area contributed by atoms with Gasteiger partial charge in [-0.05, 0) is 51.3 Å². The van der Waals surface area contributed by atoms with E-state index in [9.17, 15) is 0 Å². The molecule has 0 fully saturated rings. The fourth-order valence-corrected chi connectivity index (χ4v) is 2.76. The smallest absolute Gasteiger partial charge is 0.129 e. The number of anilines is 1. The van der Waals surface area contributed by atoms with Crippen molar-refractivity contribution in [1.29, 1.82) is 0 Å². The van der Waals surface area contributed by atoms with Crippen molar-refractivity contribution in [2.75, 3.05) is 11.4 Å². The van der Waals surface area contributed by atoms with Crippen molar-refractivity contribution in [2.45, 2.75) is 46.3 Å². The predicted octanol–water partition coefficient (Wildman–Crippen LogP) is 4.06. The molecule has 0 saturated heterocycles. The number of hydrogen-bond donors (Lipinski definition) is 1. The Bertz CT molecular complexity index is 543. The van der Waals surface area contributed by atoms with Gasteiger partial charge in [-0.3, -0.25) is 0 Å². The Morgan fingerprint density at radius 3 is 2.62 bits per heavy atom. The molecule has 0 amide bonds. The van der Waals surface area contributed by atoms with E-state index in [1.165, 1.54) is 4.88 Å². The zero-order valence-electron chi connectivity index (χ0n) is 13.4. The number of pyridine rings is 1. The summed E-state index contributed by atoms with van der Waals surface area (Å²) < 4.78 is 0. The van der Waals surface area contributed by atoms with Crippen LogP contribution in [0.15, 0.2) is 35.7 Å². The van der Waals surface area contributed by atoms with Crippen LogP contribution in [0.4, 0.5) is 5.82 Å². The third-order valence-electron chi connectivity index (χ3n) is 3.22. The fraction of sp³-hybridized carbons (Fsp3) is 0.471. The first-order valence-electron chi connectivity index (χ1n) is 7.46. The molecule has 0 aromatic carbocycles. The van der Waals surface area contributed by atoms with Gasteiger partial charge < -0.3 is 10.2 Å². The quantitative estimate of drug-likeness (QED) is 0.872. The van der Waals surface area contributed by atoms with Crippen LogP contribution in [0.2, 0.25) is 0 Å². The molecule has 0 aliphatic rings. The summed E-state index contributed by atoms with van der Waals surface area (Å²) in [5, 5.41) is 5.61. The van der Waals surface area contributed by atoms with E-state index in [4.69, 9.17) is 4.98 Å². The number of rotatable bonds is 6. The van der Waals surface area contributed by atoms with Crippen molar-refractivity contribution in [2.24, 2.45) is 0 Å². The third kappa shape index (κ3) is 5.14. The molecule has 0 spiro atoms. The number of nitrogens with zero attached hydrogens (tertiary/aromatic N) is 2. The summed E-state index contributed by atoms with van der Waals surface area (Å²) in [6.45, 7) is 11.4. The standard InChI is InChI=1S/C17H25N3S/c1-5-20(13-15-9-7-11-21-15)16-10-6-8-14(19-16)12-18-17(2,3)4/h6-11,18H,5,12-13H2,1-4H3. The summed E-state index contributed by atoms with van der Waals surface area (Å²) in [5.41, 5.74) is 1.20. The molecule has 3 nitrogen and oxygen atoms in total. The number of aromatic nitrogens is 1. The second-order valence-electron chi connectivity index (χ2n) is 6.18. The van der Waals surface area contributed by atoms with Crippen LogP contribution in [-0.4, -0.2) is 17.1 Å². The van der Waals surface area contributed by atoms with Crippen molar-refractivity contribution in [1.82, 2.24) is 10.3 Å². The Labute approximate surface area is 132 Å². The van der Waals surface area contributed by atoms with Crippen molar-refractivity contribution in [3.63, 3.8) is 0 Å². The topological polar surface area (TPSA) is 28.2 Å². The van der Waals surface area contributed by atoms with Gasteiger partial charge in [0.1, 0.15) is 5.82 Å². The molecule has 0 saturated carbocycles. The maximum absolute atomic E-state index is 4.80. The van der Waals surface area contributed by atoms with Gasteiger partial charge in [0.15, 0.2) is 0 Å². The van der Waals surface area contributed by atoms with E-state index in [1.807, 2.05) is 0 Å². The number of hydrogen-bond acceptors (Lipinski definition) is 4. The summed E-state index contributed by atoms with van der Waals surface area (Å²) in [5.74, 6) is 1.05. The molecule has 114 valence electrons. The Morgan fingerprint density at radius 2 is 2.00 bits per heavy atom. The van der Waals surface area contributed by atoms with Crippen LogP contribution in [0.1, 0.15) is 38.3 Å². The van der Waals surface area contributed by atoms with Crippen LogP contribution in [0, 0.1) is 0 Å². The summed E-state index contributed by atoms with van der Waals surface area (Å²) >= 11 is 1.80. The van der Waals surface area contributed by atoms with E-state index in [1.54, 1.807) is 11.3 Å². The monoisotopic (exact) mass is 303 g/mol. The molecule has 2 aromatic heterocycles. The van der Waals surface area contributed by atoms with Crippen molar-refractivity contribution < 1.29 is 0 Å². The number of nitrogens with one attached hydrogen (secondary N) is 1. The van der Waals surface area contributed by atoms with E-state index in [0.717, 1.165) is 31.1 Å². The summed E-state index contributed by atoms with van der Waals surface area (Å²) in [6, 6.07) is 10.6. The largest absolute Gasteiger partial charge is 0.352 e. The van der Waals surface area contributed by atoms with Crippen LogP contribution < -0.4 is 10.2 Å². The summed E-state index contributed by atoms with van der Waals surface area (Å²) in [7, 11) is 0. The minimum Gasteiger partial charge on any atom is -0.352 e. The lowest BCUT2D eigenvalue weighted by Crippen LogP contribution is -2.35. The molecule has 0 bridgehead atoms. The Hall–Kier alpha value is -1.39. The molecule has 0 unspecified atom stereocenters. The van der Waals surface area contributed by atoms with Gasteiger partial charge in [0.25, 0.3) is 0 Å². The van der Waals surface area contributed by atoms with Crippen LogP contribution in [-0.2, 0) is 13.1 Å². The highest BCUT2D eigenvalue weighted by atomic mass is 32.1. The van der Waals surface area contributed by atoms with Crippen LogP contribution in [0.3, 0.4) is 0 Å². The Morgan fingerprint density at radius 1 is 1.19 bits per heavy atom. The lowest BCUT2D eigenvalue weighted by Gasteiger charge is -2.23. The normalized spacial score (nSPS) is 11.6. The third-order valence-corrected chi connectivity index (χ3v) is 4.09. The molecule has 0 radical (unpaired) electrons. The average Bonchev–Trinajstić information content (AvgIpc) is 2.95. The summed E-state index contributed by atoms with van der Waals surface area (Å²) in [6.07, 6.45) is 0. The average molecular weight is 303 g/mol. The van der Waals surface area contributed by atoms with Gasteiger partial charge >= 0.3 is 0 Å². The molecule has 0 aliphatic heterocycles. The fourth-order valence-electron chi connectivity index (χ4n) is 2.04. The van der Waals surface area contributed by atoms with Gasteiger partial charge in [0.2, 0.25) is 0 Å². The van der Waals surface area contributed by atoms with E-state index in [-0.39, 0.29) is 5.54 Å². The highest BCUT2D eigenvalue weighted by Crippen LogP contribution is 2.18. The van der Waals surface area contributed by atoms with Crippen molar-refractivity contribution in [3.05, 3.63) is 46.3 Å². The highest BCUT2D eigenvalue weighted by molar-refractivity contribution is 7.09. The maximum Gasteiger partial charge on any atom is 0.129 e. The predicted molar refractivity (Wildman–Crippen MR) is 91.9 cm³/mol. The van der Waals surface area contributed by atoms with Gasteiger partial charge in [-0.25, -0.2) is 4.98 Å². The van der Waals surface area contributed by atoms with Gasteiger partial charge in [-0.1, -0.05) is 12.1 Å². The minimum atomic E-state index is 0.110. The van der Waals surface area contributed by atoms with E-state index < -0.39 is 0 Å². The minimum absolute atomic E-state index is 0.110. The first kappa shape index (κ1) is 16.0. The van der Waals surface area contributed by atoms with Crippen LogP contribution in [0.25, 0.3) is 0 Å². The van der Waals surface area contributed by atoms with Gasteiger partial charge in [0, 0.05) is 23.5 Å². The first-order valence-corrected chi connectivity index (χ1v) is 8.34.